The number of amides is 1. The van der Waals surface area contributed by atoms with Crippen LogP contribution in [0.1, 0.15) is 11.1 Å². The second-order valence-corrected chi connectivity index (χ2v) is 4.41. The molecule has 0 aliphatic rings. The molecule has 2 rings (SSSR count). The Kier molecular flexibility index (Phi) is 4.72. The molecule has 0 fully saturated rings. The summed E-state index contributed by atoms with van der Waals surface area (Å²) >= 11 is 0. The first-order valence-electron chi connectivity index (χ1n) is 6.48. The normalized spacial score (nSPS) is 11.1. The Morgan fingerprint density at radius 2 is 1.86 bits per heavy atom. The maximum atomic E-state index is 13.4. The van der Waals surface area contributed by atoms with E-state index in [-0.39, 0.29) is 11.7 Å². The van der Waals surface area contributed by atoms with E-state index in [4.69, 9.17) is 4.74 Å². The molecule has 3 nitrogen and oxygen atoms in total. The Hall–Kier alpha value is -2.62. The van der Waals surface area contributed by atoms with Gasteiger partial charge in [0.25, 0.3) is 0 Å². The van der Waals surface area contributed by atoms with E-state index in [1.807, 2.05) is 12.1 Å². The number of carbonyl (C=O) groups excluding carboxylic acids is 1. The van der Waals surface area contributed by atoms with Gasteiger partial charge < -0.3 is 10.1 Å². The zero-order chi connectivity index (χ0) is 15.2. The van der Waals surface area contributed by atoms with Gasteiger partial charge in [-0.25, -0.2) is 4.39 Å². The molecule has 0 unspecified atom stereocenters. The Morgan fingerprint density at radius 1 is 1.14 bits per heavy atom. The van der Waals surface area contributed by atoms with Crippen molar-refractivity contribution in [2.75, 3.05) is 14.2 Å². The van der Waals surface area contributed by atoms with Crippen LogP contribution in [0.3, 0.4) is 0 Å². The number of ether oxygens (including phenoxy) is 1. The molecule has 2 aromatic carbocycles. The maximum Gasteiger partial charge on any atom is 0.244 e. The van der Waals surface area contributed by atoms with Gasteiger partial charge in [0, 0.05) is 13.1 Å². The van der Waals surface area contributed by atoms with Gasteiger partial charge in [0.05, 0.1) is 7.11 Å². The molecule has 0 atom stereocenters. The van der Waals surface area contributed by atoms with Gasteiger partial charge in [-0.2, -0.15) is 0 Å². The van der Waals surface area contributed by atoms with Crippen LogP contribution in [0.25, 0.3) is 5.57 Å². The van der Waals surface area contributed by atoms with Gasteiger partial charge in [-0.05, 0) is 41.0 Å². The molecule has 0 aliphatic heterocycles. The maximum absolute atomic E-state index is 13.4. The third kappa shape index (κ3) is 3.69. The van der Waals surface area contributed by atoms with Crippen molar-refractivity contribution < 1.29 is 13.9 Å². The Morgan fingerprint density at radius 3 is 2.43 bits per heavy atom. The first kappa shape index (κ1) is 14.8. The van der Waals surface area contributed by atoms with E-state index in [9.17, 15) is 9.18 Å². The number of rotatable bonds is 4. The molecule has 0 heterocycles. The Bertz CT molecular complexity index is 663. The summed E-state index contributed by atoms with van der Waals surface area (Å²) < 4.78 is 18.6. The fourth-order valence-electron chi connectivity index (χ4n) is 1.96. The lowest BCUT2D eigenvalue weighted by molar-refractivity contribution is -0.116. The van der Waals surface area contributed by atoms with Gasteiger partial charge >= 0.3 is 0 Å². The second-order valence-electron chi connectivity index (χ2n) is 4.41. The lowest BCUT2D eigenvalue weighted by Crippen LogP contribution is -2.15. The molecular weight excluding hydrogens is 269 g/mol. The quantitative estimate of drug-likeness (QED) is 0.877. The molecule has 0 aromatic heterocycles. The smallest absolute Gasteiger partial charge is 0.244 e. The predicted octanol–water partition coefficient (Wildman–Crippen LogP) is 3.01. The highest BCUT2D eigenvalue weighted by molar-refractivity contribution is 5.99. The van der Waals surface area contributed by atoms with Gasteiger partial charge in [0.15, 0.2) is 0 Å². The first-order valence-corrected chi connectivity index (χ1v) is 6.48. The summed E-state index contributed by atoms with van der Waals surface area (Å²) in [4.78, 5) is 11.7. The fourth-order valence-corrected chi connectivity index (χ4v) is 1.96. The summed E-state index contributed by atoms with van der Waals surface area (Å²) in [7, 11) is 3.14. The van der Waals surface area contributed by atoms with Crippen molar-refractivity contribution in [3.05, 3.63) is 71.6 Å². The topological polar surface area (TPSA) is 38.3 Å². The molecule has 2 aromatic rings. The molecule has 4 heteroatoms. The Balaban J connectivity index is 2.50. The number of hydrogen-bond acceptors (Lipinski definition) is 2. The van der Waals surface area contributed by atoms with Crippen LogP contribution in [0.5, 0.6) is 5.75 Å². The number of nitrogens with one attached hydrogen (secondary N) is 1. The number of likely N-dealkylation sites (N-methyl/N-ethyl adjacent to an activating group) is 1. The molecule has 21 heavy (non-hydrogen) atoms. The molecule has 0 saturated carbocycles. The largest absolute Gasteiger partial charge is 0.497 e. The van der Waals surface area contributed by atoms with Gasteiger partial charge in [-0.1, -0.05) is 24.3 Å². The minimum absolute atomic E-state index is 0.245. The highest BCUT2D eigenvalue weighted by Crippen LogP contribution is 2.25. The SMILES string of the molecule is CNC(=O)C=C(c1ccc(OC)cc1)c1cccc(F)c1. The van der Waals surface area contributed by atoms with Gasteiger partial charge in [0.1, 0.15) is 11.6 Å². The molecule has 0 spiro atoms. The molecule has 0 bridgehead atoms. The van der Waals surface area contributed by atoms with Crippen LogP contribution in [0.2, 0.25) is 0 Å². The molecule has 108 valence electrons. The molecule has 0 saturated heterocycles. The first-order chi connectivity index (χ1) is 10.1. The van der Waals surface area contributed by atoms with Crippen LogP contribution >= 0.6 is 0 Å². The molecule has 1 amide bonds. The molecule has 1 N–H and O–H groups in total. The third-order valence-electron chi connectivity index (χ3n) is 3.06. The highest BCUT2D eigenvalue weighted by atomic mass is 19.1. The van der Waals surface area contributed by atoms with E-state index in [2.05, 4.69) is 5.32 Å². The van der Waals surface area contributed by atoms with Crippen LogP contribution in [-0.2, 0) is 4.79 Å². The summed E-state index contributed by atoms with van der Waals surface area (Å²) in [5.41, 5.74) is 2.10. The van der Waals surface area contributed by atoms with E-state index in [1.54, 1.807) is 38.4 Å². The van der Waals surface area contributed by atoms with Gasteiger partial charge in [-0.3, -0.25) is 4.79 Å². The van der Waals surface area contributed by atoms with Crippen molar-refractivity contribution in [3.8, 4) is 5.75 Å². The molecule has 0 radical (unpaired) electrons. The number of benzene rings is 2. The van der Waals surface area contributed by atoms with Crippen LogP contribution in [0, 0.1) is 5.82 Å². The average molecular weight is 285 g/mol. The highest BCUT2D eigenvalue weighted by Gasteiger charge is 2.08. The summed E-state index contributed by atoms with van der Waals surface area (Å²) in [6, 6.07) is 13.4. The van der Waals surface area contributed by atoms with E-state index >= 15 is 0 Å². The van der Waals surface area contributed by atoms with Crippen LogP contribution in [0.15, 0.2) is 54.6 Å². The predicted molar refractivity (Wildman–Crippen MR) is 80.5 cm³/mol. The zero-order valence-electron chi connectivity index (χ0n) is 11.9. The van der Waals surface area contributed by atoms with Crippen LogP contribution < -0.4 is 10.1 Å². The van der Waals surface area contributed by atoms with E-state index in [1.165, 1.54) is 18.2 Å². The lowest BCUT2D eigenvalue weighted by atomic mass is 9.97. The summed E-state index contributed by atoms with van der Waals surface area (Å²) in [5.74, 6) is 0.131. The van der Waals surface area contributed by atoms with Crippen LogP contribution in [0.4, 0.5) is 4.39 Å². The second kappa shape index (κ2) is 6.70. The zero-order valence-corrected chi connectivity index (χ0v) is 11.9. The van der Waals surface area contributed by atoms with Crippen molar-refractivity contribution >= 4 is 11.5 Å². The van der Waals surface area contributed by atoms with Crippen molar-refractivity contribution in [2.24, 2.45) is 0 Å². The van der Waals surface area contributed by atoms with Crippen molar-refractivity contribution in [3.63, 3.8) is 0 Å². The average Bonchev–Trinajstić information content (AvgIpc) is 2.52. The molecular formula is C17H16FNO2. The van der Waals surface area contributed by atoms with E-state index in [0.717, 1.165) is 11.3 Å². The number of methoxy groups -OCH3 is 1. The standard InChI is InChI=1S/C17H16FNO2/c1-19-17(20)11-16(13-4-3-5-14(18)10-13)12-6-8-15(21-2)9-7-12/h3-11H,1-2H3,(H,19,20). The summed E-state index contributed by atoms with van der Waals surface area (Å²) in [6.07, 6.45) is 1.45. The van der Waals surface area contributed by atoms with Crippen LogP contribution in [-0.4, -0.2) is 20.1 Å². The fraction of sp³-hybridized carbons (Fsp3) is 0.118. The monoisotopic (exact) mass is 285 g/mol. The van der Waals surface area contributed by atoms with Gasteiger partial charge in [-0.15, -0.1) is 0 Å². The lowest BCUT2D eigenvalue weighted by Gasteiger charge is -2.09. The van der Waals surface area contributed by atoms with Crippen molar-refractivity contribution in [1.82, 2.24) is 5.32 Å². The van der Waals surface area contributed by atoms with Gasteiger partial charge in [0.2, 0.25) is 5.91 Å². The van der Waals surface area contributed by atoms with Crippen molar-refractivity contribution in [1.29, 1.82) is 0 Å². The van der Waals surface area contributed by atoms with Crippen molar-refractivity contribution in [2.45, 2.75) is 0 Å². The van der Waals surface area contributed by atoms with E-state index < -0.39 is 0 Å². The third-order valence-corrected chi connectivity index (χ3v) is 3.06. The Labute approximate surface area is 123 Å². The minimum atomic E-state index is -0.344. The number of hydrogen-bond donors (Lipinski definition) is 1. The molecule has 0 aliphatic carbocycles. The number of carbonyl (C=O) groups is 1. The number of halogens is 1. The summed E-state index contributed by atoms with van der Waals surface area (Å²) in [5, 5.41) is 2.54. The minimum Gasteiger partial charge on any atom is -0.497 e. The summed E-state index contributed by atoms with van der Waals surface area (Å²) in [6.45, 7) is 0. The van der Waals surface area contributed by atoms with E-state index in [0.29, 0.717) is 11.1 Å².